The molecule has 0 saturated carbocycles. The lowest BCUT2D eigenvalue weighted by molar-refractivity contribution is -0.133. The lowest BCUT2D eigenvalue weighted by Gasteiger charge is -2.34. The van der Waals surface area contributed by atoms with Crippen LogP contribution in [0.25, 0.3) is 0 Å². The van der Waals surface area contributed by atoms with E-state index in [1.54, 1.807) is 12.7 Å². The fourth-order valence-corrected chi connectivity index (χ4v) is 4.68. The van der Waals surface area contributed by atoms with Gasteiger partial charge < -0.3 is 4.90 Å². The van der Waals surface area contributed by atoms with Crippen molar-refractivity contribution in [2.24, 2.45) is 5.92 Å². The summed E-state index contributed by atoms with van der Waals surface area (Å²) in [5, 5.41) is 6.34. The van der Waals surface area contributed by atoms with E-state index in [0.29, 0.717) is 12.5 Å². The number of carbonyl (C=O) groups excluding carboxylic acids is 1. The largest absolute Gasteiger partial charge is 0.337 e. The van der Waals surface area contributed by atoms with Gasteiger partial charge in [-0.05, 0) is 48.7 Å². The number of aromatic nitrogens is 3. The van der Waals surface area contributed by atoms with Crippen LogP contribution in [0.1, 0.15) is 23.3 Å². The highest BCUT2D eigenvalue weighted by Crippen LogP contribution is 2.24. The third kappa shape index (κ3) is 3.52. The Balaban J connectivity index is 1.31. The minimum Gasteiger partial charge on any atom is -0.337 e. The van der Waals surface area contributed by atoms with Crippen LogP contribution < -0.4 is 0 Å². The zero-order chi connectivity index (χ0) is 16.4. The number of piperidine rings is 1. The monoisotopic (exact) mass is 345 g/mol. The van der Waals surface area contributed by atoms with Gasteiger partial charge in [-0.3, -0.25) is 14.4 Å². The maximum Gasteiger partial charge on any atom is 0.237 e. The Morgan fingerprint density at radius 1 is 1.38 bits per heavy atom. The van der Waals surface area contributed by atoms with Crippen LogP contribution in [0.15, 0.2) is 24.1 Å². The van der Waals surface area contributed by atoms with Crippen LogP contribution in [0, 0.1) is 5.92 Å². The number of nitrogens with zero attached hydrogens (tertiary/aromatic N) is 5. The van der Waals surface area contributed by atoms with Crippen molar-refractivity contribution in [3.05, 3.63) is 34.5 Å². The van der Waals surface area contributed by atoms with E-state index in [-0.39, 0.29) is 5.91 Å². The molecule has 4 heterocycles. The number of rotatable bonds is 4. The van der Waals surface area contributed by atoms with E-state index in [1.807, 2.05) is 20.9 Å². The third-order valence-corrected chi connectivity index (χ3v) is 6.06. The van der Waals surface area contributed by atoms with Crippen molar-refractivity contribution in [2.75, 3.05) is 26.2 Å². The average Bonchev–Trinajstić information content (AvgIpc) is 3.25. The van der Waals surface area contributed by atoms with Gasteiger partial charge in [-0.25, -0.2) is 4.98 Å². The Labute approximate surface area is 146 Å². The molecule has 1 fully saturated rings. The number of thiophene rings is 1. The van der Waals surface area contributed by atoms with Crippen LogP contribution in [0.2, 0.25) is 0 Å². The van der Waals surface area contributed by atoms with Gasteiger partial charge in [0.2, 0.25) is 5.91 Å². The molecule has 0 aliphatic carbocycles. The Hall–Kier alpha value is -1.73. The van der Waals surface area contributed by atoms with Gasteiger partial charge in [0.25, 0.3) is 0 Å². The molecular formula is C17H23N5OS. The molecule has 6 nitrogen and oxygen atoms in total. The number of fused-ring (bicyclic) bond motifs is 1. The average molecular weight is 345 g/mol. The van der Waals surface area contributed by atoms with Gasteiger partial charge in [0.15, 0.2) is 0 Å². The SMILES string of the molecule is O=C(CN1CCC[C@@H](Cn2cncn2)C1)N1CCc2sccc2C1. The molecule has 2 aromatic heterocycles. The summed E-state index contributed by atoms with van der Waals surface area (Å²) in [6.45, 7) is 5.09. The second-order valence-electron chi connectivity index (χ2n) is 6.80. The Morgan fingerprint density at radius 2 is 2.33 bits per heavy atom. The van der Waals surface area contributed by atoms with Crippen molar-refractivity contribution in [2.45, 2.75) is 32.4 Å². The summed E-state index contributed by atoms with van der Waals surface area (Å²) >= 11 is 1.81. The maximum atomic E-state index is 12.7. The molecule has 1 amide bonds. The second kappa shape index (κ2) is 7.03. The van der Waals surface area contributed by atoms with Crippen molar-refractivity contribution in [3.8, 4) is 0 Å². The summed E-state index contributed by atoms with van der Waals surface area (Å²) in [6, 6.07) is 2.16. The molecule has 7 heteroatoms. The molecule has 0 aromatic carbocycles. The second-order valence-corrected chi connectivity index (χ2v) is 7.80. The van der Waals surface area contributed by atoms with E-state index in [9.17, 15) is 4.79 Å². The first-order valence-corrected chi connectivity index (χ1v) is 9.53. The van der Waals surface area contributed by atoms with E-state index in [1.165, 1.54) is 16.9 Å². The third-order valence-electron chi connectivity index (χ3n) is 5.03. The fraction of sp³-hybridized carbons (Fsp3) is 0.588. The molecule has 2 aliphatic rings. The van der Waals surface area contributed by atoms with Crippen molar-refractivity contribution in [1.29, 1.82) is 0 Å². The van der Waals surface area contributed by atoms with E-state index >= 15 is 0 Å². The van der Waals surface area contributed by atoms with Gasteiger partial charge in [0.05, 0.1) is 6.54 Å². The first kappa shape index (κ1) is 15.8. The maximum absolute atomic E-state index is 12.7. The topological polar surface area (TPSA) is 54.3 Å². The Morgan fingerprint density at radius 3 is 3.21 bits per heavy atom. The molecular weight excluding hydrogens is 322 g/mol. The Kier molecular flexibility index (Phi) is 4.62. The first-order valence-electron chi connectivity index (χ1n) is 8.66. The van der Waals surface area contributed by atoms with E-state index in [0.717, 1.165) is 45.6 Å². The van der Waals surface area contributed by atoms with E-state index in [2.05, 4.69) is 26.4 Å². The molecule has 1 saturated heterocycles. The molecule has 0 spiro atoms. The van der Waals surface area contributed by atoms with Gasteiger partial charge in [0.1, 0.15) is 12.7 Å². The molecule has 1 atom stereocenters. The highest BCUT2D eigenvalue weighted by Gasteiger charge is 2.26. The fourth-order valence-electron chi connectivity index (χ4n) is 3.79. The van der Waals surface area contributed by atoms with Gasteiger partial charge in [-0.15, -0.1) is 11.3 Å². The molecule has 128 valence electrons. The van der Waals surface area contributed by atoms with E-state index in [4.69, 9.17) is 0 Å². The molecule has 0 bridgehead atoms. The minimum absolute atomic E-state index is 0.272. The van der Waals surface area contributed by atoms with Gasteiger partial charge in [-0.1, -0.05) is 0 Å². The summed E-state index contributed by atoms with van der Waals surface area (Å²) in [7, 11) is 0. The number of amides is 1. The molecule has 4 rings (SSSR count). The summed E-state index contributed by atoms with van der Waals surface area (Å²) in [5.41, 5.74) is 1.34. The number of carbonyl (C=O) groups is 1. The lowest BCUT2D eigenvalue weighted by Crippen LogP contribution is -2.46. The van der Waals surface area contributed by atoms with E-state index < -0.39 is 0 Å². The highest BCUT2D eigenvalue weighted by molar-refractivity contribution is 7.10. The van der Waals surface area contributed by atoms with Crippen molar-refractivity contribution in [3.63, 3.8) is 0 Å². The van der Waals surface area contributed by atoms with Gasteiger partial charge in [0, 0.05) is 31.1 Å². The number of hydrogen-bond acceptors (Lipinski definition) is 5. The predicted octanol–water partition coefficient (Wildman–Crippen LogP) is 1.64. The van der Waals surface area contributed by atoms with Crippen LogP contribution >= 0.6 is 11.3 Å². The van der Waals surface area contributed by atoms with Crippen LogP contribution in [0.5, 0.6) is 0 Å². The highest BCUT2D eigenvalue weighted by atomic mass is 32.1. The predicted molar refractivity (Wildman–Crippen MR) is 92.6 cm³/mol. The van der Waals surface area contributed by atoms with Crippen LogP contribution in [-0.2, 0) is 24.3 Å². The van der Waals surface area contributed by atoms with Crippen LogP contribution in [0.3, 0.4) is 0 Å². The summed E-state index contributed by atoms with van der Waals surface area (Å²) in [4.78, 5) is 22.5. The zero-order valence-corrected chi connectivity index (χ0v) is 14.6. The smallest absolute Gasteiger partial charge is 0.237 e. The van der Waals surface area contributed by atoms with Gasteiger partial charge >= 0.3 is 0 Å². The molecule has 0 unspecified atom stereocenters. The molecule has 0 N–H and O–H groups in total. The molecule has 0 radical (unpaired) electrons. The number of hydrogen-bond donors (Lipinski definition) is 0. The van der Waals surface area contributed by atoms with Crippen LogP contribution in [-0.4, -0.2) is 56.7 Å². The van der Waals surface area contributed by atoms with Crippen molar-refractivity contribution >= 4 is 17.2 Å². The summed E-state index contributed by atoms with van der Waals surface area (Å²) in [6.07, 6.45) is 6.72. The quantitative estimate of drug-likeness (QED) is 0.845. The zero-order valence-electron chi connectivity index (χ0n) is 13.8. The standard InChI is InChI=1S/C17H23N5OS/c23-17(21-6-3-16-15(10-21)4-7-24-16)11-20-5-1-2-14(8-20)9-22-13-18-12-19-22/h4,7,12-14H,1-3,5-6,8-11H2/t14-/m1/s1. The van der Waals surface area contributed by atoms with Crippen molar-refractivity contribution < 1.29 is 4.79 Å². The van der Waals surface area contributed by atoms with Crippen LogP contribution in [0.4, 0.5) is 0 Å². The summed E-state index contributed by atoms with van der Waals surface area (Å²) in [5.74, 6) is 0.825. The first-order chi connectivity index (χ1) is 11.8. The van der Waals surface area contributed by atoms with Crippen molar-refractivity contribution in [1.82, 2.24) is 24.6 Å². The number of likely N-dealkylation sites (tertiary alicyclic amines) is 1. The summed E-state index contributed by atoms with van der Waals surface area (Å²) < 4.78 is 1.90. The minimum atomic E-state index is 0.272. The molecule has 2 aliphatic heterocycles. The Bertz CT molecular complexity index is 683. The normalized spacial score (nSPS) is 21.7. The molecule has 24 heavy (non-hydrogen) atoms. The lowest BCUT2D eigenvalue weighted by atomic mass is 9.98. The van der Waals surface area contributed by atoms with Gasteiger partial charge in [-0.2, -0.15) is 5.10 Å². The molecule has 2 aromatic rings.